The van der Waals surface area contributed by atoms with Crippen LogP contribution in [0.2, 0.25) is 10.1 Å². The molecule has 2 atom stereocenters. The van der Waals surface area contributed by atoms with Crippen LogP contribution in [0.3, 0.4) is 0 Å². The van der Waals surface area contributed by atoms with Gasteiger partial charge in [0.05, 0.1) is 24.7 Å². The van der Waals surface area contributed by atoms with E-state index in [1.54, 1.807) is 32.0 Å². The van der Waals surface area contributed by atoms with Crippen molar-refractivity contribution in [2.75, 3.05) is 26.1 Å². The maximum Gasteiger partial charge on any atom is 0.261 e. The van der Waals surface area contributed by atoms with E-state index in [0.717, 1.165) is 16.8 Å². The molecule has 224 valence electrons. The molecular formula is C35H38ClNO4SSi. The predicted molar refractivity (Wildman–Crippen MR) is 181 cm³/mol. The number of thioether (sulfide) groups is 1. The van der Waals surface area contributed by atoms with Gasteiger partial charge in [-0.25, -0.2) is 0 Å². The van der Waals surface area contributed by atoms with Gasteiger partial charge < -0.3 is 19.2 Å². The van der Waals surface area contributed by atoms with Gasteiger partial charge in [0.1, 0.15) is 0 Å². The van der Waals surface area contributed by atoms with Crippen LogP contribution in [0, 0.1) is 0 Å². The van der Waals surface area contributed by atoms with Crippen molar-refractivity contribution in [2.45, 2.75) is 42.7 Å². The molecular weight excluding hydrogens is 594 g/mol. The molecule has 4 aromatic rings. The van der Waals surface area contributed by atoms with Crippen molar-refractivity contribution in [3.63, 3.8) is 0 Å². The number of fused-ring (bicyclic) bond motifs is 1. The number of anilines is 1. The first-order valence-electron chi connectivity index (χ1n) is 14.4. The number of rotatable bonds is 9. The SMILES string of the molecule is COc1cccc([C@H]2S[C@H](CCO[Si](c3ccccc3)(c3ccccc3)C(C)(C)C)C(=O)Nc3ccc(Cl)cc32)c1OC. The highest BCUT2D eigenvalue weighted by molar-refractivity contribution is 8.01. The topological polar surface area (TPSA) is 56.8 Å². The van der Waals surface area contributed by atoms with E-state index in [2.05, 4.69) is 74.6 Å². The smallest absolute Gasteiger partial charge is 0.261 e. The maximum absolute atomic E-state index is 13.7. The molecule has 0 aromatic heterocycles. The summed E-state index contributed by atoms with van der Waals surface area (Å²) in [5, 5.41) is 5.44. The van der Waals surface area contributed by atoms with E-state index >= 15 is 0 Å². The number of amides is 1. The first-order valence-corrected chi connectivity index (χ1v) is 17.6. The minimum atomic E-state index is -2.74. The second kappa shape index (κ2) is 13.2. The van der Waals surface area contributed by atoms with Crippen molar-refractivity contribution < 1.29 is 18.7 Å². The van der Waals surface area contributed by atoms with E-state index in [9.17, 15) is 4.79 Å². The van der Waals surface area contributed by atoms with E-state index in [1.807, 2.05) is 42.5 Å². The van der Waals surface area contributed by atoms with E-state index < -0.39 is 8.32 Å². The zero-order chi connectivity index (χ0) is 30.6. The number of carbonyl (C=O) groups excluding carboxylic acids is 1. The molecule has 0 aliphatic carbocycles. The summed E-state index contributed by atoms with van der Waals surface area (Å²) < 4.78 is 18.6. The van der Waals surface area contributed by atoms with E-state index in [4.69, 9.17) is 25.5 Å². The van der Waals surface area contributed by atoms with Gasteiger partial charge in [-0.3, -0.25) is 4.79 Å². The summed E-state index contributed by atoms with van der Waals surface area (Å²) in [6.45, 7) is 7.21. The molecule has 1 heterocycles. The molecule has 0 unspecified atom stereocenters. The van der Waals surface area contributed by atoms with E-state index in [-0.39, 0.29) is 21.4 Å². The molecule has 0 spiro atoms. The fourth-order valence-electron chi connectivity index (χ4n) is 6.02. The Morgan fingerprint density at radius 1 is 0.837 bits per heavy atom. The monoisotopic (exact) mass is 631 g/mol. The lowest BCUT2D eigenvalue weighted by Gasteiger charge is -2.43. The van der Waals surface area contributed by atoms with E-state index in [0.29, 0.717) is 29.5 Å². The molecule has 0 fully saturated rings. The molecule has 43 heavy (non-hydrogen) atoms. The third-order valence-electron chi connectivity index (χ3n) is 7.98. The van der Waals surface area contributed by atoms with Crippen LogP contribution >= 0.6 is 23.4 Å². The fourth-order valence-corrected chi connectivity index (χ4v) is 12.2. The number of para-hydroxylation sites is 1. The Hall–Kier alpha value is -3.23. The van der Waals surface area contributed by atoms with Crippen LogP contribution in [0.4, 0.5) is 5.69 Å². The zero-order valence-electron chi connectivity index (χ0n) is 25.2. The Bertz CT molecular complexity index is 1520. The van der Waals surface area contributed by atoms with Crippen molar-refractivity contribution in [1.82, 2.24) is 0 Å². The normalized spacial score (nSPS) is 17.0. The van der Waals surface area contributed by atoms with Crippen LogP contribution in [0.5, 0.6) is 11.5 Å². The zero-order valence-corrected chi connectivity index (χ0v) is 27.8. The number of methoxy groups -OCH3 is 2. The van der Waals surface area contributed by atoms with Crippen LogP contribution < -0.4 is 25.2 Å². The number of nitrogens with one attached hydrogen (secondary N) is 1. The summed E-state index contributed by atoms with van der Waals surface area (Å²) >= 11 is 8.08. The third kappa shape index (κ3) is 6.22. The van der Waals surface area contributed by atoms with Gasteiger partial charge in [-0.1, -0.05) is 105 Å². The van der Waals surface area contributed by atoms with Crippen molar-refractivity contribution >= 4 is 53.6 Å². The second-order valence-electron chi connectivity index (χ2n) is 11.6. The van der Waals surface area contributed by atoms with Crippen LogP contribution in [-0.2, 0) is 9.22 Å². The molecule has 1 aliphatic rings. The number of ether oxygens (including phenoxy) is 2. The maximum atomic E-state index is 13.7. The quantitative estimate of drug-likeness (QED) is 0.194. The molecule has 0 bridgehead atoms. The van der Waals surface area contributed by atoms with Gasteiger partial charge >= 0.3 is 0 Å². The number of hydrogen-bond donors (Lipinski definition) is 1. The lowest BCUT2D eigenvalue weighted by Crippen LogP contribution is -2.66. The number of hydrogen-bond acceptors (Lipinski definition) is 5. The number of benzene rings is 4. The lowest BCUT2D eigenvalue weighted by molar-refractivity contribution is -0.115. The predicted octanol–water partition coefficient (Wildman–Crippen LogP) is 7.47. The van der Waals surface area contributed by atoms with Crippen molar-refractivity contribution in [3.8, 4) is 11.5 Å². The van der Waals surface area contributed by atoms with Gasteiger partial charge in [0, 0.05) is 22.9 Å². The van der Waals surface area contributed by atoms with Crippen molar-refractivity contribution in [3.05, 3.63) is 113 Å². The van der Waals surface area contributed by atoms with Gasteiger partial charge in [-0.15, -0.1) is 11.8 Å². The average Bonchev–Trinajstić information content (AvgIpc) is 3.14. The van der Waals surface area contributed by atoms with Crippen molar-refractivity contribution in [2.24, 2.45) is 0 Å². The number of carbonyl (C=O) groups is 1. The molecule has 5 nitrogen and oxygen atoms in total. The highest BCUT2D eigenvalue weighted by Crippen LogP contribution is 2.50. The molecule has 4 aromatic carbocycles. The van der Waals surface area contributed by atoms with Crippen LogP contribution in [-0.4, -0.2) is 40.3 Å². The summed E-state index contributed by atoms with van der Waals surface area (Å²) in [5.41, 5.74) is 2.59. The standard InChI is InChI=1S/C35H38ClNO4SSi/c1-35(2,3)43(25-13-8-6-9-14-25,26-15-10-7-11-16-26)41-22-21-31-34(38)37-29-20-19-24(36)23-28(29)33(42-31)27-17-12-18-30(39-4)32(27)40-5/h6-20,23,31,33H,21-22H2,1-5H3,(H,37,38)/t31-,33-/m1/s1. The first kappa shape index (κ1) is 31.2. The van der Waals surface area contributed by atoms with E-state index in [1.165, 1.54) is 10.4 Å². The van der Waals surface area contributed by atoms with Gasteiger partial charge in [-0.2, -0.15) is 0 Å². The largest absolute Gasteiger partial charge is 0.493 e. The minimum Gasteiger partial charge on any atom is -0.493 e. The Labute approximate surface area is 265 Å². The van der Waals surface area contributed by atoms with Crippen LogP contribution in [0.15, 0.2) is 97.1 Å². The molecule has 0 saturated heterocycles. The fraction of sp³-hybridized carbons (Fsp3) is 0.286. The van der Waals surface area contributed by atoms with Gasteiger partial charge in [-0.05, 0) is 51.7 Å². The summed E-state index contributed by atoms with van der Waals surface area (Å²) in [4.78, 5) is 13.7. The van der Waals surface area contributed by atoms with Crippen molar-refractivity contribution in [1.29, 1.82) is 0 Å². The molecule has 1 amide bonds. The first-order chi connectivity index (χ1) is 20.7. The second-order valence-corrected chi connectivity index (χ2v) is 17.7. The number of halogens is 1. The van der Waals surface area contributed by atoms with Gasteiger partial charge in [0.25, 0.3) is 8.32 Å². The Morgan fingerprint density at radius 3 is 2.07 bits per heavy atom. The Kier molecular flexibility index (Phi) is 9.56. The average molecular weight is 632 g/mol. The Balaban J connectivity index is 1.51. The third-order valence-corrected chi connectivity index (χ3v) is 14.8. The minimum absolute atomic E-state index is 0.0519. The van der Waals surface area contributed by atoms with Crippen LogP contribution in [0.25, 0.3) is 0 Å². The summed E-state index contributed by atoms with van der Waals surface area (Å²) in [5.74, 6) is 1.23. The molecule has 1 N–H and O–H groups in total. The highest BCUT2D eigenvalue weighted by Gasteiger charge is 2.50. The van der Waals surface area contributed by atoms with Gasteiger partial charge in [0.15, 0.2) is 11.5 Å². The molecule has 5 rings (SSSR count). The van der Waals surface area contributed by atoms with Crippen LogP contribution in [0.1, 0.15) is 43.6 Å². The highest BCUT2D eigenvalue weighted by atomic mass is 35.5. The summed E-state index contributed by atoms with van der Waals surface area (Å²) in [6.07, 6.45) is 0.533. The molecule has 0 saturated carbocycles. The molecule has 8 heteroatoms. The molecule has 0 radical (unpaired) electrons. The molecule has 1 aliphatic heterocycles. The van der Waals surface area contributed by atoms with Gasteiger partial charge in [0.2, 0.25) is 5.91 Å². The Morgan fingerprint density at radius 2 is 1.49 bits per heavy atom. The lowest BCUT2D eigenvalue weighted by atomic mass is 10.0. The summed E-state index contributed by atoms with van der Waals surface area (Å²) in [6, 6.07) is 32.6. The summed E-state index contributed by atoms with van der Waals surface area (Å²) in [7, 11) is 0.524.